The van der Waals surface area contributed by atoms with Crippen molar-refractivity contribution in [3.63, 3.8) is 0 Å². The van der Waals surface area contributed by atoms with Crippen LogP contribution in [0.4, 0.5) is 21.7 Å². The lowest BCUT2D eigenvalue weighted by atomic mass is 10.1. The topological polar surface area (TPSA) is 59.1 Å². The molecule has 0 amide bonds. The van der Waals surface area contributed by atoms with Crippen LogP contribution in [-0.4, -0.2) is 23.6 Å². The first-order chi connectivity index (χ1) is 12.6. The molecule has 0 radical (unpaired) electrons. The molecule has 134 valence electrons. The summed E-state index contributed by atoms with van der Waals surface area (Å²) < 4.78 is 19.0. The molecule has 5 nitrogen and oxygen atoms in total. The Morgan fingerprint density at radius 3 is 2.46 bits per heavy atom. The highest BCUT2D eigenvalue weighted by atomic mass is 19.1. The largest absolute Gasteiger partial charge is 0.497 e. The maximum atomic E-state index is 13.8. The van der Waals surface area contributed by atoms with E-state index < -0.39 is 0 Å². The van der Waals surface area contributed by atoms with Gasteiger partial charge in [-0.3, -0.25) is 0 Å². The zero-order valence-electron chi connectivity index (χ0n) is 14.8. The third-order valence-electron chi connectivity index (χ3n) is 3.85. The molecular formula is C20H21FN4O. The van der Waals surface area contributed by atoms with Gasteiger partial charge in [-0.05, 0) is 43.2 Å². The molecule has 2 aromatic carbocycles. The number of aromatic nitrogens is 2. The fraction of sp³-hybridized carbons (Fsp3) is 0.200. The molecule has 26 heavy (non-hydrogen) atoms. The smallest absolute Gasteiger partial charge is 0.146 e. The van der Waals surface area contributed by atoms with E-state index in [0.717, 1.165) is 18.7 Å². The number of nitrogens with one attached hydrogen (secondary N) is 2. The molecular weight excluding hydrogens is 331 g/mol. The quantitative estimate of drug-likeness (QED) is 0.663. The van der Waals surface area contributed by atoms with Gasteiger partial charge < -0.3 is 15.4 Å². The third-order valence-corrected chi connectivity index (χ3v) is 3.85. The Labute approximate surface area is 152 Å². The second-order valence-corrected chi connectivity index (χ2v) is 5.82. The normalized spacial score (nSPS) is 10.4. The minimum Gasteiger partial charge on any atom is -0.497 e. The van der Waals surface area contributed by atoms with Gasteiger partial charge in [-0.25, -0.2) is 14.4 Å². The third kappa shape index (κ3) is 4.69. The molecule has 0 unspecified atom stereocenters. The van der Waals surface area contributed by atoms with Gasteiger partial charge in [0.25, 0.3) is 0 Å². The highest BCUT2D eigenvalue weighted by molar-refractivity contribution is 5.59. The Hall–Kier alpha value is -3.15. The summed E-state index contributed by atoms with van der Waals surface area (Å²) in [5.74, 6) is 2.38. The van der Waals surface area contributed by atoms with Crippen molar-refractivity contribution < 1.29 is 9.13 Å². The van der Waals surface area contributed by atoms with Gasteiger partial charge in [0, 0.05) is 12.6 Å². The first-order valence-electron chi connectivity index (χ1n) is 8.38. The number of benzene rings is 2. The van der Waals surface area contributed by atoms with Gasteiger partial charge in [0.15, 0.2) is 0 Å². The van der Waals surface area contributed by atoms with E-state index in [9.17, 15) is 4.39 Å². The molecule has 0 aliphatic heterocycles. The average Bonchev–Trinajstić information content (AvgIpc) is 2.64. The van der Waals surface area contributed by atoms with Crippen LogP contribution in [-0.2, 0) is 6.42 Å². The fourth-order valence-electron chi connectivity index (χ4n) is 2.55. The van der Waals surface area contributed by atoms with Crippen LogP contribution in [0.25, 0.3) is 0 Å². The van der Waals surface area contributed by atoms with Gasteiger partial charge in [0.2, 0.25) is 0 Å². The predicted octanol–water partition coefficient (Wildman–Crippen LogP) is 4.33. The van der Waals surface area contributed by atoms with Gasteiger partial charge in [-0.1, -0.05) is 24.3 Å². The van der Waals surface area contributed by atoms with Gasteiger partial charge in [-0.15, -0.1) is 0 Å². The molecule has 6 heteroatoms. The first-order valence-corrected chi connectivity index (χ1v) is 8.38. The molecule has 1 aromatic heterocycles. The van der Waals surface area contributed by atoms with E-state index in [1.54, 1.807) is 38.3 Å². The number of halogens is 1. The average molecular weight is 352 g/mol. The Morgan fingerprint density at radius 1 is 1.00 bits per heavy atom. The molecule has 0 saturated carbocycles. The van der Waals surface area contributed by atoms with Crippen LogP contribution in [0.15, 0.2) is 54.6 Å². The summed E-state index contributed by atoms with van der Waals surface area (Å²) in [5.41, 5.74) is 1.59. The van der Waals surface area contributed by atoms with E-state index in [0.29, 0.717) is 23.1 Å². The van der Waals surface area contributed by atoms with Gasteiger partial charge in [0.05, 0.1) is 12.8 Å². The lowest BCUT2D eigenvalue weighted by Gasteiger charge is -2.11. The highest BCUT2D eigenvalue weighted by Gasteiger charge is 2.05. The molecule has 0 aliphatic rings. The van der Waals surface area contributed by atoms with Crippen molar-refractivity contribution in [2.24, 2.45) is 0 Å². The molecule has 0 bridgehead atoms. The standard InChI is InChI=1S/C20H21FN4O/c1-14-23-19(22-12-11-15-7-9-16(26-2)10-8-15)13-20(24-14)25-18-6-4-3-5-17(18)21/h3-10,13H,11-12H2,1-2H3,(H2,22,23,24,25). The van der Waals surface area contributed by atoms with Crippen molar-refractivity contribution in [1.82, 2.24) is 9.97 Å². The zero-order valence-corrected chi connectivity index (χ0v) is 14.8. The monoisotopic (exact) mass is 352 g/mol. The van der Waals surface area contributed by atoms with Crippen molar-refractivity contribution >= 4 is 17.3 Å². The van der Waals surface area contributed by atoms with Crippen molar-refractivity contribution in [2.45, 2.75) is 13.3 Å². The second-order valence-electron chi connectivity index (χ2n) is 5.82. The molecule has 2 N–H and O–H groups in total. The molecule has 0 spiro atoms. The van der Waals surface area contributed by atoms with E-state index >= 15 is 0 Å². The fourth-order valence-corrected chi connectivity index (χ4v) is 2.55. The lowest BCUT2D eigenvalue weighted by Crippen LogP contribution is -2.08. The Kier molecular flexibility index (Phi) is 5.63. The van der Waals surface area contributed by atoms with E-state index in [1.807, 2.05) is 24.3 Å². The molecule has 0 saturated heterocycles. The predicted molar refractivity (Wildman–Crippen MR) is 102 cm³/mol. The maximum Gasteiger partial charge on any atom is 0.146 e. The summed E-state index contributed by atoms with van der Waals surface area (Å²) in [6.45, 7) is 2.53. The number of aryl methyl sites for hydroxylation is 1. The van der Waals surface area contributed by atoms with Crippen molar-refractivity contribution in [2.75, 3.05) is 24.3 Å². The van der Waals surface area contributed by atoms with Crippen LogP contribution in [0.2, 0.25) is 0 Å². The van der Waals surface area contributed by atoms with Gasteiger partial charge in [0.1, 0.15) is 29.0 Å². The molecule has 3 aromatic rings. The zero-order chi connectivity index (χ0) is 18.4. The number of hydrogen-bond acceptors (Lipinski definition) is 5. The lowest BCUT2D eigenvalue weighted by molar-refractivity contribution is 0.414. The van der Waals surface area contributed by atoms with E-state index in [4.69, 9.17) is 4.74 Å². The summed E-state index contributed by atoms with van der Waals surface area (Å²) in [7, 11) is 1.65. The minimum atomic E-state index is -0.321. The summed E-state index contributed by atoms with van der Waals surface area (Å²) >= 11 is 0. The molecule has 0 aliphatic carbocycles. The Balaban J connectivity index is 1.62. The van der Waals surface area contributed by atoms with Gasteiger partial charge in [-0.2, -0.15) is 0 Å². The highest BCUT2D eigenvalue weighted by Crippen LogP contribution is 2.20. The minimum absolute atomic E-state index is 0.321. The number of methoxy groups -OCH3 is 1. The Bertz CT molecular complexity index is 868. The van der Waals surface area contributed by atoms with Crippen LogP contribution in [0, 0.1) is 12.7 Å². The Morgan fingerprint density at radius 2 is 1.73 bits per heavy atom. The number of nitrogens with zero attached hydrogens (tertiary/aromatic N) is 2. The van der Waals surface area contributed by atoms with Crippen molar-refractivity contribution in [3.05, 3.63) is 71.8 Å². The van der Waals surface area contributed by atoms with Crippen LogP contribution in [0.5, 0.6) is 5.75 Å². The van der Waals surface area contributed by atoms with Crippen LogP contribution >= 0.6 is 0 Å². The van der Waals surface area contributed by atoms with Crippen molar-refractivity contribution in [3.8, 4) is 5.75 Å². The van der Waals surface area contributed by atoms with E-state index in [-0.39, 0.29) is 5.82 Å². The molecule has 1 heterocycles. The molecule has 3 rings (SSSR count). The van der Waals surface area contributed by atoms with Crippen LogP contribution in [0.1, 0.15) is 11.4 Å². The number of para-hydroxylation sites is 1. The van der Waals surface area contributed by atoms with Crippen molar-refractivity contribution in [1.29, 1.82) is 0 Å². The van der Waals surface area contributed by atoms with E-state index in [1.165, 1.54) is 11.6 Å². The second kappa shape index (κ2) is 8.29. The summed E-state index contributed by atoms with van der Waals surface area (Å²) in [6.07, 6.45) is 0.850. The SMILES string of the molecule is COc1ccc(CCNc2cc(Nc3ccccc3F)nc(C)n2)cc1. The first kappa shape index (κ1) is 17.7. The van der Waals surface area contributed by atoms with Crippen LogP contribution < -0.4 is 15.4 Å². The maximum absolute atomic E-state index is 13.8. The number of hydrogen-bond donors (Lipinski definition) is 2. The molecule has 0 atom stereocenters. The number of ether oxygens (including phenoxy) is 1. The van der Waals surface area contributed by atoms with Crippen LogP contribution in [0.3, 0.4) is 0 Å². The summed E-state index contributed by atoms with van der Waals surface area (Å²) in [6, 6.07) is 16.2. The summed E-state index contributed by atoms with van der Waals surface area (Å²) in [5, 5.41) is 6.28. The van der Waals surface area contributed by atoms with Gasteiger partial charge >= 0.3 is 0 Å². The van der Waals surface area contributed by atoms with E-state index in [2.05, 4.69) is 20.6 Å². The number of rotatable bonds is 7. The molecule has 0 fully saturated rings. The number of anilines is 3. The summed E-state index contributed by atoms with van der Waals surface area (Å²) in [4.78, 5) is 8.69.